The summed E-state index contributed by atoms with van der Waals surface area (Å²) in [4.78, 5) is 0.263. The van der Waals surface area contributed by atoms with Gasteiger partial charge in [-0.05, 0) is 17.6 Å². The molecule has 0 saturated carbocycles. The summed E-state index contributed by atoms with van der Waals surface area (Å²) in [5.74, 6) is 0.129. The Labute approximate surface area is 78.9 Å². The Morgan fingerprint density at radius 1 is 1.23 bits per heavy atom. The van der Waals surface area contributed by atoms with Gasteiger partial charge in [0.2, 0.25) is 0 Å². The molecule has 0 saturated heterocycles. The van der Waals surface area contributed by atoms with E-state index < -0.39 is 9.84 Å². The normalized spacial score (nSPS) is 21.4. The van der Waals surface area contributed by atoms with Crippen molar-refractivity contribution in [2.24, 2.45) is 0 Å². The maximum absolute atomic E-state index is 11.5. The van der Waals surface area contributed by atoms with Crippen LogP contribution < -0.4 is 0 Å². The van der Waals surface area contributed by atoms with Crippen LogP contribution in [0, 0.1) is 0 Å². The molecule has 1 rings (SSSR count). The first kappa shape index (κ1) is 9.99. The summed E-state index contributed by atoms with van der Waals surface area (Å²) in [7, 11) is -3.14. The second kappa shape index (κ2) is 3.34. The van der Waals surface area contributed by atoms with E-state index in [1.165, 1.54) is 12.2 Å². The molecule has 0 bridgehead atoms. The zero-order valence-electron chi connectivity index (χ0n) is 7.41. The van der Waals surface area contributed by atoms with E-state index >= 15 is 0 Å². The number of hydrogen-bond donors (Lipinski definition) is 0. The molecule has 0 aliphatic carbocycles. The zero-order valence-corrected chi connectivity index (χ0v) is 8.23. The molecule has 0 fully saturated rings. The number of allylic oxidation sites excluding steroid dienone is 4. The highest BCUT2D eigenvalue weighted by molar-refractivity contribution is 7.95. The van der Waals surface area contributed by atoms with Crippen LogP contribution in [0.5, 0.6) is 0 Å². The van der Waals surface area contributed by atoms with E-state index in [0.717, 1.165) is 5.57 Å². The van der Waals surface area contributed by atoms with Crippen LogP contribution in [-0.4, -0.2) is 14.2 Å². The van der Waals surface area contributed by atoms with Gasteiger partial charge in [-0.25, -0.2) is 8.42 Å². The molecular weight excluding hydrogens is 184 g/mol. The van der Waals surface area contributed by atoms with Crippen molar-refractivity contribution in [2.45, 2.75) is 6.42 Å². The smallest absolute Gasteiger partial charge is 0.179 e. The largest absolute Gasteiger partial charge is 0.224 e. The van der Waals surface area contributed by atoms with Crippen molar-refractivity contribution in [3.05, 3.63) is 47.9 Å². The van der Waals surface area contributed by atoms with Gasteiger partial charge in [-0.1, -0.05) is 31.9 Å². The molecule has 0 aromatic heterocycles. The highest BCUT2D eigenvalue weighted by Gasteiger charge is 2.24. The zero-order chi connectivity index (χ0) is 10.1. The fourth-order valence-corrected chi connectivity index (χ4v) is 2.88. The average molecular weight is 196 g/mol. The molecule has 0 N–H and O–H groups in total. The minimum Gasteiger partial charge on any atom is -0.224 e. The molecular formula is C10H12O2S. The molecule has 0 atom stereocenters. The number of hydrogen-bond acceptors (Lipinski definition) is 2. The molecule has 1 aliphatic heterocycles. The lowest BCUT2D eigenvalue weighted by atomic mass is 10.0. The summed E-state index contributed by atoms with van der Waals surface area (Å²) in [5.41, 5.74) is 1.43. The Kier molecular flexibility index (Phi) is 2.57. The topological polar surface area (TPSA) is 34.1 Å². The molecule has 0 unspecified atom stereocenters. The summed E-state index contributed by atoms with van der Waals surface area (Å²) in [6.07, 6.45) is 3.37. The van der Waals surface area contributed by atoms with Gasteiger partial charge in [0, 0.05) is 0 Å². The number of sulfone groups is 1. The molecule has 2 nitrogen and oxygen atoms in total. The first-order valence-electron chi connectivity index (χ1n) is 3.93. The van der Waals surface area contributed by atoms with Crippen molar-refractivity contribution < 1.29 is 8.42 Å². The fraction of sp³-hybridized carbons (Fsp3) is 0.200. The second-order valence-corrected chi connectivity index (χ2v) is 4.94. The van der Waals surface area contributed by atoms with E-state index in [1.807, 2.05) is 0 Å². The summed E-state index contributed by atoms with van der Waals surface area (Å²) in [6.45, 7) is 10.8. The molecule has 3 heteroatoms. The van der Waals surface area contributed by atoms with Gasteiger partial charge in [-0.2, -0.15) is 0 Å². The molecule has 0 radical (unpaired) electrons. The van der Waals surface area contributed by atoms with Crippen LogP contribution in [0.2, 0.25) is 0 Å². The minimum atomic E-state index is -3.14. The summed E-state index contributed by atoms with van der Waals surface area (Å²) in [5, 5.41) is 0. The standard InChI is InChI=1S/C10H12O2S/c1-4-9-8(3)6-7-13(11,12)10(9)5-2/h4-5H,1-3,6-7H2. The van der Waals surface area contributed by atoms with Crippen LogP contribution >= 0.6 is 0 Å². The summed E-state index contributed by atoms with van der Waals surface area (Å²) in [6, 6.07) is 0. The maximum atomic E-state index is 11.5. The Balaban J connectivity index is 3.47. The van der Waals surface area contributed by atoms with Crippen molar-refractivity contribution in [3.8, 4) is 0 Å². The van der Waals surface area contributed by atoms with Gasteiger partial charge in [-0.3, -0.25) is 0 Å². The lowest BCUT2D eigenvalue weighted by molar-refractivity contribution is 0.600. The van der Waals surface area contributed by atoms with E-state index in [4.69, 9.17) is 0 Å². The van der Waals surface area contributed by atoms with Gasteiger partial charge < -0.3 is 0 Å². The van der Waals surface area contributed by atoms with Crippen molar-refractivity contribution in [1.82, 2.24) is 0 Å². The Bertz CT molecular complexity index is 397. The fourth-order valence-electron chi connectivity index (χ4n) is 1.33. The van der Waals surface area contributed by atoms with E-state index in [-0.39, 0.29) is 10.7 Å². The monoisotopic (exact) mass is 196 g/mol. The Morgan fingerprint density at radius 3 is 2.23 bits per heavy atom. The third kappa shape index (κ3) is 1.65. The van der Waals surface area contributed by atoms with E-state index in [1.54, 1.807) is 0 Å². The van der Waals surface area contributed by atoms with Crippen molar-refractivity contribution in [1.29, 1.82) is 0 Å². The second-order valence-electron chi connectivity index (χ2n) is 2.86. The molecule has 1 heterocycles. The SMILES string of the molecule is C=CC1=C(C=C)S(=O)(=O)CCC1=C. The van der Waals surface area contributed by atoms with Crippen LogP contribution in [0.3, 0.4) is 0 Å². The molecule has 0 spiro atoms. The van der Waals surface area contributed by atoms with Gasteiger partial charge in [0.25, 0.3) is 0 Å². The Morgan fingerprint density at radius 2 is 1.85 bits per heavy atom. The first-order chi connectivity index (χ1) is 6.03. The van der Waals surface area contributed by atoms with E-state index in [9.17, 15) is 8.42 Å². The van der Waals surface area contributed by atoms with Gasteiger partial charge in [0.15, 0.2) is 9.84 Å². The van der Waals surface area contributed by atoms with Gasteiger partial charge in [0.1, 0.15) is 0 Å². The molecule has 0 aromatic rings. The third-order valence-electron chi connectivity index (χ3n) is 2.04. The highest BCUT2D eigenvalue weighted by Crippen LogP contribution is 2.29. The molecule has 0 amide bonds. The third-order valence-corrected chi connectivity index (χ3v) is 3.84. The summed E-state index contributed by atoms with van der Waals surface area (Å²) >= 11 is 0. The van der Waals surface area contributed by atoms with E-state index in [0.29, 0.717) is 12.0 Å². The minimum absolute atomic E-state index is 0.129. The van der Waals surface area contributed by atoms with Crippen LogP contribution in [0.25, 0.3) is 0 Å². The van der Waals surface area contributed by atoms with Crippen LogP contribution in [-0.2, 0) is 9.84 Å². The predicted octanol–water partition coefficient (Wildman–Crippen LogP) is 1.99. The van der Waals surface area contributed by atoms with Gasteiger partial charge in [-0.15, -0.1) is 0 Å². The van der Waals surface area contributed by atoms with Crippen LogP contribution in [0.15, 0.2) is 47.9 Å². The average Bonchev–Trinajstić information content (AvgIpc) is 2.08. The highest BCUT2D eigenvalue weighted by atomic mass is 32.2. The first-order valence-corrected chi connectivity index (χ1v) is 5.58. The van der Waals surface area contributed by atoms with Gasteiger partial charge >= 0.3 is 0 Å². The van der Waals surface area contributed by atoms with Crippen LogP contribution in [0.4, 0.5) is 0 Å². The van der Waals surface area contributed by atoms with E-state index in [2.05, 4.69) is 19.7 Å². The predicted molar refractivity (Wildman–Crippen MR) is 55.0 cm³/mol. The lowest BCUT2D eigenvalue weighted by Gasteiger charge is -2.17. The van der Waals surface area contributed by atoms with Gasteiger partial charge in [0.05, 0.1) is 10.7 Å². The van der Waals surface area contributed by atoms with Crippen LogP contribution in [0.1, 0.15) is 6.42 Å². The van der Waals surface area contributed by atoms with Crippen molar-refractivity contribution >= 4 is 9.84 Å². The van der Waals surface area contributed by atoms with Crippen molar-refractivity contribution in [2.75, 3.05) is 5.75 Å². The van der Waals surface area contributed by atoms with Crippen molar-refractivity contribution in [3.63, 3.8) is 0 Å². The molecule has 0 aromatic carbocycles. The molecule has 70 valence electrons. The maximum Gasteiger partial charge on any atom is 0.179 e. The molecule has 1 aliphatic rings. The molecule has 13 heavy (non-hydrogen) atoms. The number of rotatable bonds is 2. The lowest BCUT2D eigenvalue weighted by Crippen LogP contribution is -2.16. The quantitative estimate of drug-likeness (QED) is 0.676. The summed E-state index contributed by atoms with van der Waals surface area (Å²) < 4.78 is 23.0. The Hall–Kier alpha value is -1.09.